The summed E-state index contributed by atoms with van der Waals surface area (Å²) in [6.45, 7) is 7.81. The van der Waals surface area contributed by atoms with Gasteiger partial charge in [0, 0.05) is 12.6 Å². The zero-order valence-corrected chi connectivity index (χ0v) is 11.8. The Balaban J connectivity index is 2.31. The molecule has 5 nitrogen and oxygen atoms in total. The highest BCUT2D eigenvalue weighted by molar-refractivity contribution is 7.89. The molecule has 0 radical (unpaired) electrons. The van der Waals surface area contributed by atoms with Crippen molar-refractivity contribution in [2.24, 2.45) is 0 Å². The summed E-state index contributed by atoms with van der Waals surface area (Å²) in [5.41, 5.74) is -0.412. The van der Waals surface area contributed by atoms with Crippen LogP contribution in [0.2, 0.25) is 0 Å². The Hall–Kier alpha value is -0.170. The lowest BCUT2D eigenvalue weighted by Crippen LogP contribution is -2.47. The van der Waals surface area contributed by atoms with E-state index in [1.54, 1.807) is 0 Å². The molecule has 1 unspecified atom stereocenters. The number of hydrogen-bond acceptors (Lipinski definition) is 4. The van der Waals surface area contributed by atoms with Gasteiger partial charge in [-0.25, -0.2) is 13.1 Å². The summed E-state index contributed by atoms with van der Waals surface area (Å²) in [6, 6.07) is 0.395. The second-order valence-corrected chi connectivity index (χ2v) is 7.09. The monoisotopic (exact) mass is 264 g/mol. The van der Waals surface area contributed by atoms with E-state index in [0.717, 1.165) is 13.0 Å². The molecule has 102 valence electrons. The Morgan fingerprint density at radius 3 is 2.65 bits per heavy atom. The Bertz CT molecular complexity index is 322. The molecular weight excluding hydrogens is 240 g/mol. The van der Waals surface area contributed by atoms with Crippen molar-refractivity contribution in [2.45, 2.75) is 45.2 Å². The van der Waals surface area contributed by atoms with Crippen LogP contribution >= 0.6 is 0 Å². The van der Waals surface area contributed by atoms with Crippen molar-refractivity contribution in [3.63, 3.8) is 0 Å². The number of nitrogens with one attached hydrogen (secondary N) is 2. The molecule has 1 aliphatic heterocycles. The molecule has 2 N–H and O–H groups in total. The van der Waals surface area contributed by atoms with Gasteiger partial charge in [-0.15, -0.1) is 0 Å². The standard InChI is InChI=1S/C11H24N2O3S/c1-10(2)12-6-4-8-17(14,15)13-11(3)5-7-16-9-11/h10,12-13H,4-9H2,1-3H3. The molecule has 6 heteroatoms. The normalized spacial score (nSPS) is 25.6. The summed E-state index contributed by atoms with van der Waals surface area (Å²) in [5, 5.41) is 3.20. The van der Waals surface area contributed by atoms with Crippen LogP contribution < -0.4 is 10.0 Å². The van der Waals surface area contributed by atoms with Crippen LogP contribution in [0.4, 0.5) is 0 Å². The summed E-state index contributed by atoms with van der Waals surface area (Å²) in [6.07, 6.45) is 1.38. The SMILES string of the molecule is CC(C)NCCCS(=O)(=O)NC1(C)CCOC1. The molecule has 0 bridgehead atoms. The maximum Gasteiger partial charge on any atom is 0.212 e. The van der Waals surface area contributed by atoms with Crippen LogP contribution in [-0.2, 0) is 14.8 Å². The molecule has 1 fully saturated rings. The zero-order valence-electron chi connectivity index (χ0n) is 11.0. The van der Waals surface area contributed by atoms with Gasteiger partial charge in [-0.1, -0.05) is 13.8 Å². The molecule has 0 amide bonds. The van der Waals surface area contributed by atoms with Gasteiger partial charge in [0.15, 0.2) is 0 Å². The summed E-state index contributed by atoms with van der Waals surface area (Å²) in [7, 11) is -3.19. The van der Waals surface area contributed by atoms with Crippen LogP contribution in [0.25, 0.3) is 0 Å². The Morgan fingerprint density at radius 1 is 1.41 bits per heavy atom. The van der Waals surface area contributed by atoms with E-state index in [2.05, 4.69) is 10.0 Å². The minimum atomic E-state index is -3.19. The predicted octanol–water partition coefficient (Wildman–Crippen LogP) is 0.473. The second-order valence-electron chi connectivity index (χ2n) is 5.25. The van der Waals surface area contributed by atoms with Crippen LogP contribution in [0.15, 0.2) is 0 Å². The fourth-order valence-electron chi connectivity index (χ4n) is 1.83. The summed E-state index contributed by atoms with van der Waals surface area (Å²) < 4.78 is 31.6. The zero-order chi connectivity index (χ0) is 12.9. The van der Waals surface area contributed by atoms with Gasteiger partial charge < -0.3 is 10.1 Å². The van der Waals surface area contributed by atoms with Crippen molar-refractivity contribution in [1.29, 1.82) is 0 Å². The molecule has 0 aromatic rings. The van der Waals surface area contributed by atoms with Gasteiger partial charge in [0.1, 0.15) is 0 Å². The molecule has 1 rings (SSSR count). The highest BCUT2D eigenvalue weighted by Crippen LogP contribution is 2.18. The molecule has 1 heterocycles. The van der Waals surface area contributed by atoms with Crippen molar-refractivity contribution in [3.05, 3.63) is 0 Å². The molecule has 0 spiro atoms. The lowest BCUT2D eigenvalue weighted by atomic mass is 10.0. The Kier molecular flexibility index (Phi) is 5.37. The van der Waals surface area contributed by atoms with Crippen LogP contribution in [0.1, 0.15) is 33.6 Å². The smallest absolute Gasteiger partial charge is 0.212 e. The number of ether oxygens (including phenoxy) is 1. The lowest BCUT2D eigenvalue weighted by Gasteiger charge is -2.23. The van der Waals surface area contributed by atoms with E-state index in [1.165, 1.54) is 0 Å². The van der Waals surface area contributed by atoms with Crippen LogP contribution in [0, 0.1) is 0 Å². The van der Waals surface area contributed by atoms with E-state index in [0.29, 0.717) is 25.7 Å². The molecule has 0 aliphatic carbocycles. The first-order valence-electron chi connectivity index (χ1n) is 6.16. The minimum Gasteiger partial charge on any atom is -0.379 e. The van der Waals surface area contributed by atoms with Crippen LogP contribution in [-0.4, -0.2) is 45.5 Å². The van der Waals surface area contributed by atoms with E-state index in [9.17, 15) is 8.42 Å². The van der Waals surface area contributed by atoms with Gasteiger partial charge >= 0.3 is 0 Å². The second kappa shape index (κ2) is 6.13. The van der Waals surface area contributed by atoms with Gasteiger partial charge in [0.05, 0.1) is 17.9 Å². The molecule has 0 aromatic heterocycles. The van der Waals surface area contributed by atoms with Gasteiger partial charge in [-0.05, 0) is 26.3 Å². The first-order chi connectivity index (χ1) is 7.83. The van der Waals surface area contributed by atoms with Gasteiger partial charge in [0.2, 0.25) is 10.0 Å². The maximum atomic E-state index is 11.8. The molecule has 1 aliphatic rings. The van der Waals surface area contributed by atoms with E-state index >= 15 is 0 Å². The molecule has 0 aromatic carbocycles. The number of rotatable bonds is 7. The molecule has 1 atom stereocenters. The third-order valence-corrected chi connectivity index (χ3v) is 4.39. The summed E-state index contributed by atoms with van der Waals surface area (Å²) in [4.78, 5) is 0. The average Bonchev–Trinajstić information content (AvgIpc) is 2.58. The van der Waals surface area contributed by atoms with Gasteiger partial charge in [-0.2, -0.15) is 0 Å². The first-order valence-corrected chi connectivity index (χ1v) is 7.81. The molecule has 1 saturated heterocycles. The highest BCUT2D eigenvalue weighted by Gasteiger charge is 2.33. The van der Waals surface area contributed by atoms with Crippen molar-refractivity contribution in [2.75, 3.05) is 25.5 Å². The fourth-order valence-corrected chi connectivity index (χ4v) is 3.37. The van der Waals surface area contributed by atoms with E-state index in [-0.39, 0.29) is 5.75 Å². The lowest BCUT2D eigenvalue weighted by molar-refractivity contribution is 0.178. The first kappa shape index (κ1) is 14.9. The van der Waals surface area contributed by atoms with Crippen molar-refractivity contribution in [1.82, 2.24) is 10.0 Å². The minimum absolute atomic E-state index is 0.169. The predicted molar refractivity (Wildman–Crippen MR) is 68.5 cm³/mol. The highest BCUT2D eigenvalue weighted by atomic mass is 32.2. The van der Waals surface area contributed by atoms with Gasteiger partial charge in [-0.3, -0.25) is 0 Å². The Morgan fingerprint density at radius 2 is 2.12 bits per heavy atom. The molecule has 0 saturated carbocycles. The topological polar surface area (TPSA) is 67.4 Å². The summed E-state index contributed by atoms with van der Waals surface area (Å²) in [5.74, 6) is 0.169. The van der Waals surface area contributed by atoms with Crippen LogP contribution in [0.5, 0.6) is 0 Å². The largest absolute Gasteiger partial charge is 0.379 e. The van der Waals surface area contributed by atoms with Crippen molar-refractivity contribution >= 4 is 10.0 Å². The number of hydrogen-bond donors (Lipinski definition) is 2. The van der Waals surface area contributed by atoms with Crippen LogP contribution in [0.3, 0.4) is 0 Å². The van der Waals surface area contributed by atoms with Crippen molar-refractivity contribution < 1.29 is 13.2 Å². The third-order valence-electron chi connectivity index (χ3n) is 2.76. The quantitative estimate of drug-likeness (QED) is 0.656. The molecular formula is C11H24N2O3S. The van der Waals surface area contributed by atoms with E-state index in [4.69, 9.17) is 4.74 Å². The fraction of sp³-hybridized carbons (Fsp3) is 1.00. The van der Waals surface area contributed by atoms with E-state index < -0.39 is 15.6 Å². The summed E-state index contributed by atoms with van der Waals surface area (Å²) >= 11 is 0. The number of sulfonamides is 1. The molecule has 17 heavy (non-hydrogen) atoms. The van der Waals surface area contributed by atoms with Crippen molar-refractivity contribution in [3.8, 4) is 0 Å². The average molecular weight is 264 g/mol. The Labute approximate surface area is 104 Å². The third kappa shape index (κ3) is 5.81. The van der Waals surface area contributed by atoms with E-state index in [1.807, 2.05) is 20.8 Å². The van der Waals surface area contributed by atoms with Gasteiger partial charge in [0.25, 0.3) is 0 Å². The maximum absolute atomic E-state index is 11.8.